The van der Waals surface area contributed by atoms with Crippen LogP contribution >= 0.6 is 0 Å². The Morgan fingerprint density at radius 1 is 1.23 bits per heavy atom. The first-order valence-corrected chi connectivity index (χ1v) is 4.28. The van der Waals surface area contributed by atoms with E-state index in [1.165, 1.54) is 0 Å². The molecular weight excluding hydrogens is 162 g/mol. The monoisotopic (exact) mass is 177 g/mol. The van der Waals surface area contributed by atoms with Gasteiger partial charge in [-0.25, -0.2) is 0 Å². The first kappa shape index (κ1) is 9.61. The van der Waals surface area contributed by atoms with Crippen LogP contribution in [0.15, 0.2) is 36.4 Å². The van der Waals surface area contributed by atoms with Crippen molar-refractivity contribution in [1.29, 1.82) is 0 Å². The molecule has 0 amide bonds. The molecule has 0 aliphatic carbocycles. The Bertz CT molecular complexity index is 281. The van der Waals surface area contributed by atoms with E-state index in [0.29, 0.717) is 6.54 Å². The molecule has 3 heteroatoms. The second-order valence-electron chi connectivity index (χ2n) is 2.68. The molecule has 0 aliphatic rings. The third-order valence-electron chi connectivity index (χ3n) is 1.67. The molecule has 0 atom stereocenters. The summed E-state index contributed by atoms with van der Waals surface area (Å²) in [6.07, 6.45) is 3.89. The highest BCUT2D eigenvalue weighted by molar-refractivity contribution is 5.65. The van der Waals surface area contributed by atoms with E-state index in [4.69, 9.17) is 11.5 Å². The molecule has 13 heavy (non-hydrogen) atoms. The number of anilines is 2. The third-order valence-corrected chi connectivity index (χ3v) is 1.67. The Morgan fingerprint density at radius 3 is 2.69 bits per heavy atom. The lowest BCUT2D eigenvalue weighted by atomic mass is 10.2. The molecule has 0 aliphatic heterocycles. The van der Waals surface area contributed by atoms with Crippen LogP contribution < -0.4 is 16.8 Å². The standard InChI is InChI=1S/C10H15N3/c11-7-3-4-8-13-10-6-2-1-5-9(10)12/h1-6,13H,7-8,11-12H2/b4-3+. The summed E-state index contributed by atoms with van der Waals surface area (Å²) in [5.74, 6) is 0. The first-order valence-electron chi connectivity index (χ1n) is 4.28. The second kappa shape index (κ2) is 5.22. The molecule has 3 nitrogen and oxygen atoms in total. The molecule has 0 radical (unpaired) electrons. The second-order valence-corrected chi connectivity index (χ2v) is 2.68. The Morgan fingerprint density at radius 2 is 2.00 bits per heavy atom. The minimum Gasteiger partial charge on any atom is -0.397 e. The molecule has 5 N–H and O–H groups in total. The zero-order valence-electron chi connectivity index (χ0n) is 7.53. The summed E-state index contributed by atoms with van der Waals surface area (Å²) in [6.45, 7) is 1.33. The van der Waals surface area contributed by atoms with Crippen molar-refractivity contribution in [2.24, 2.45) is 5.73 Å². The van der Waals surface area contributed by atoms with Crippen molar-refractivity contribution in [2.75, 3.05) is 24.1 Å². The molecule has 1 rings (SSSR count). The van der Waals surface area contributed by atoms with E-state index in [1.807, 2.05) is 36.4 Å². The predicted molar refractivity (Wildman–Crippen MR) is 57.5 cm³/mol. The largest absolute Gasteiger partial charge is 0.397 e. The van der Waals surface area contributed by atoms with Gasteiger partial charge in [-0.05, 0) is 12.1 Å². The SMILES string of the molecule is NC/C=C/CNc1ccccc1N. The number of rotatable bonds is 4. The van der Waals surface area contributed by atoms with Crippen molar-refractivity contribution in [3.05, 3.63) is 36.4 Å². The molecule has 0 saturated heterocycles. The quantitative estimate of drug-likeness (QED) is 0.478. The predicted octanol–water partition coefficient (Wildman–Crippen LogP) is 1.20. The van der Waals surface area contributed by atoms with Crippen molar-refractivity contribution < 1.29 is 0 Å². The summed E-state index contributed by atoms with van der Waals surface area (Å²) in [4.78, 5) is 0. The highest BCUT2D eigenvalue weighted by Gasteiger charge is 1.92. The maximum atomic E-state index is 5.72. The summed E-state index contributed by atoms with van der Waals surface area (Å²) >= 11 is 0. The van der Waals surface area contributed by atoms with Gasteiger partial charge >= 0.3 is 0 Å². The summed E-state index contributed by atoms with van der Waals surface area (Å²) < 4.78 is 0. The van der Waals surface area contributed by atoms with Crippen LogP contribution in [-0.2, 0) is 0 Å². The van der Waals surface area contributed by atoms with Gasteiger partial charge < -0.3 is 16.8 Å². The van der Waals surface area contributed by atoms with Crippen LogP contribution in [0, 0.1) is 0 Å². The highest BCUT2D eigenvalue weighted by Crippen LogP contribution is 2.15. The van der Waals surface area contributed by atoms with Gasteiger partial charge in [0.2, 0.25) is 0 Å². The fourth-order valence-corrected chi connectivity index (χ4v) is 1.01. The number of para-hydroxylation sites is 2. The zero-order valence-corrected chi connectivity index (χ0v) is 7.53. The molecule has 0 heterocycles. The van der Waals surface area contributed by atoms with Crippen LogP contribution in [0.25, 0.3) is 0 Å². The molecule has 1 aromatic rings. The van der Waals surface area contributed by atoms with Gasteiger partial charge in [-0.15, -0.1) is 0 Å². The number of nitrogens with two attached hydrogens (primary N) is 2. The van der Waals surface area contributed by atoms with E-state index in [2.05, 4.69) is 5.32 Å². The van der Waals surface area contributed by atoms with Crippen molar-refractivity contribution in [3.8, 4) is 0 Å². The van der Waals surface area contributed by atoms with E-state index < -0.39 is 0 Å². The fourth-order valence-electron chi connectivity index (χ4n) is 1.01. The molecule has 1 aromatic carbocycles. The van der Waals surface area contributed by atoms with Crippen molar-refractivity contribution in [3.63, 3.8) is 0 Å². The van der Waals surface area contributed by atoms with Crippen LogP contribution in [0.2, 0.25) is 0 Å². The third kappa shape index (κ3) is 3.17. The van der Waals surface area contributed by atoms with Crippen molar-refractivity contribution in [1.82, 2.24) is 0 Å². The van der Waals surface area contributed by atoms with Crippen molar-refractivity contribution in [2.45, 2.75) is 0 Å². The molecular formula is C10H15N3. The molecule has 0 saturated carbocycles. The average Bonchev–Trinajstić information content (AvgIpc) is 2.15. The summed E-state index contributed by atoms with van der Waals surface area (Å²) in [7, 11) is 0. The average molecular weight is 177 g/mol. The van der Waals surface area contributed by atoms with E-state index in [1.54, 1.807) is 0 Å². The molecule has 70 valence electrons. The normalized spacial score (nSPS) is 10.5. The molecule has 0 fully saturated rings. The van der Waals surface area contributed by atoms with Gasteiger partial charge in [-0.3, -0.25) is 0 Å². The zero-order chi connectivity index (χ0) is 9.52. The smallest absolute Gasteiger partial charge is 0.0576 e. The Labute approximate surface area is 78.4 Å². The van der Waals surface area contributed by atoms with E-state index >= 15 is 0 Å². The van der Waals surface area contributed by atoms with Crippen LogP contribution in [-0.4, -0.2) is 13.1 Å². The topological polar surface area (TPSA) is 64.1 Å². The van der Waals surface area contributed by atoms with Gasteiger partial charge in [0.25, 0.3) is 0 Å². The van der Waals surface area contributed by atoms with Crippen LogP contribution in [0.4, 0.5) is 11.4 Å². The van der Waals surface area contributed by atoms with E-state index in [-0.39, 0.29) is 0 Å². The maximum absolute atomic E-state index is 5.72. The lowest BCUT2D eigenvalue weighted by molar-refractivity contribution is 1.22. The van der Waals surface area contributed by atoms with Crippen LogP contribution in [0.1, 0.15) is 0 Å². The van der Waals surface area contributed by atoms with Gasteiger partial charge in [-0.1, -0.05) is 24.3 Å². The molecule has 0 unspecified atom stereocenters. The number of nitrogens with one attached hydrogen (secondary N) is 1. The fraction of sp³-hybridized carbons (Fsp3) is 0.200. The van der Waals surface area contributed by atoms with Gasteiger partial charge in [-0.2, -0.15) is 0 Å². The molecule has 0 aromatic heterocycles. The van der Waals surface area contributed by atoms with Gasteiger partial charge in [0, 0.05) is 13.1 Å². The number of hydrogen-bond acceptors (Lipinski definition) is 3. The maximum Gasteiger partial charge on any atom is 0.0576 e. The van der Waals surface area contributed by atoms with Gasteiger partial charge in [0.15, 0.2) is 0 Å². The van der Waals surface area contributed by atoms with E-state index in [0.717, 1.165) is 17.9 Å². The Kier molecular flexibility index (Phi) is 3.85. The van der Waals surface area contributed by atoms with E-state index in [9.17, 15) is 0 Å². The summed E-state index contributed by atoms with van der Waals surface area (Å²) in [5.41, 5.74) is 12.8. The number of benzene rings is 1. The number of nitrogen functional groups attached to an aromatic ring is 1. The Balaban J connectivity index is 2.45. The molecule has 0 bridgehead atoms. The van der Waals surface area contributed by atoms with Gasteiger partial charge in [0.1, 0.15) is 0 Å². The minimum atomic E-state index is 0.575. The first-order chi connectivity index (χ1) is 6.34. The van der Waals surface area contributed by atoms with Gasteiger partial charge in [0.05, 0.1) is 11.4 Å². The lowest BCUT2D eigenvalue weighted by Crippen LogP contribution is -2.02. The Hall–Kier alpha value is -1.48. The van der Waals surface area contributed by atoms with Crippen molar-refractivity contribution >= 4 is 11.4 Å². The summed E-state index contributed by atoms with van der Waals surface area (Å²) in [5, 5.41) is 3.18. The van der Waals surface area contributed by atoms with Crippen LogP contribution in [0.5, 0.6) is 0 Å². The molecule has 0 spiro atoms. The number of hydrogen-bond donors (Lipinski definition) is 3. The summed E-state index contributed by atoms with van der Waals surface area (Å²) in [6, 6.07) is 7.68. The highest BCUT2D eigenvalue weighted by atomic mass is 14.9. The minimum absolute atomic E-state index is 0.575. The van der Waals surface area contributed by atoms with Crippen LogP contribution in [0.3, 0.4) is 0 Å². The lowest BCUT2D eigenvalue weighted by Gasteiger charge is -2.05.